The molecular formula is C54H107NO4. The highest BCUT2D eigenvalue weighted by Crippen LogP contribution is 2.22. The summed E-state index contributed by atoms with van der Waals surface area (Å²) < 4.78 is 11.7. The standard InChI is InChI=1S/C54H107NO4/c1-6-11-16-21-25-33-42-51(40-31-18-13-8-3)49-58-53(56)44-35-27-23-29-38-47-55(46-37-20-15-10-5)48-39-30-24-28-36-45-54(57)59-50-52(41-32-19-14-9-4)43-34-26-22-17-12-7-2/h51-52H,6-50H2,1-5H3. The molecule has 0 aromatic rings. The first-order valence-electron chi connectivity index (χ1n) is 27.0. The third kappa shape index (κ3) is 43.3. The lowest BCUT2D eigenvalue weighted by Gasteiger charge is -2.22. The topological polar surface area (TPSA) is 55.8 Å². The third-order valence-electron chi connectivity index (χ3n) is 12.9. The number of ether oxygens (including phenoxy) is 2. The van der Waals surface area contributed by atoms with E-state index in [2.05, 4.69) is 39.5 Å². The summed E-state index contributed by atoms with van der Waals surface area (Å²) in [6.45, 7) is 16.3. The molecule has 0 radical (unpaired) electrons. The van der Waals surface area contributed by atoms with Crippen molar-refractivity contribution in [2.24, 2.45) is 11.8 Å². The predicted octanol–water partition coefficient (Wildman–Crippen LogP) is 17.3. The lowest BCUT2D eigenvalue weighted by molar-refractivity contribution is -0.146. The summed E-state index contributed by atoms with van der Waals surface area (Å²) in [7, 11) is 0. The van der Waals surface area contributed by atoms with E-state index in [0.717, 1.165) is 25.7 Å². The Hall–Kier alpha value is -1.10. The van der Waals surface area contributed by atoms with Gasteiger partial charge < -0.3 is 14.4 Å². The Morgan fingerprint density at radius 3 is 0.881 bits per heavy atom. The number of hydrogen-bond donors (Lipinski definition) is 0. The zero-order valence-corrected chi connectivity index (χ0v) is 41.1. The number of hydrogen-bond acceptors (Lipinski definition) is 5. The fraction of sp³-hybridized carbons (Fsp3) is 0.963. The first-order valence-corrected chi connectivity index (χ1v) is 27.0. The Kier molecular flexibility index (Phi) is 47.0. The summed E-state index contributed by atoms with van der Waals surface area (Å²) in [6, 6.07) is 0. The first kappa shape index (κ1) is 57.9. The van der Waals surface area contributed by atoms with Crippen molar-refractivity contribution in [3.05, 3.63) is 0 Å². The van der Waals surface area contributed by atoms with E-state index in [1.165, 1.54) is 238 Å². The van der Waals surface area contributed by atoms with Gasteiger partial charge in [0.1, 0.15) is 0 Å². The Bertz CT molecular complexity index is 786. The Morgan fingerprint density at radius 2 is 0.559 bits per heavy atom. The molecule has 352 valence electrons. The Labute approximate surface area is 370 Å². The number of carbonyl (C=O) groups is 2. The van der Waals surface area contributed by atoms with Gasteiger partial charge in [-0.3, -0.25) is 9.59 Å². The summed E-state index contributed by atoms with van der Waals surface area (Å²) in [5.74, 6) is 1.16. The van der Waals surface area contributed by atoms with E-state index >= 15 is 0 Å². The van der Waals surface area contributed by atoms with Gasteiger partial charge >= 0.3 is 11.9 Å². The summed E-state index contributed by atoms with van der Waals surface area (Å²) in [5.41, 5.74) is 0. The van der Waals surface area contributed by atoms with Crippen LogP contribution in [0, 0.1) is 11.8 Å². The van der Waals surface area contributed by atoms with Gasteiger partial charge in [-0.05, 0) is 89.3 Å². The van der Waals surface area contributed by atoms with Gasteiger partial charge in [0, 0.05) is 12.8 Å². The van der Waals surface area contributed by atoms with E-state index in [4.69, 9.17) is 9.47 Å². The van der Waals surface area contributed by atoms with E-state index in [0.29, 0.717) is 37.9 Å². The molecule has 0 bridgehead atoms. The van der Waals surface area contributed by atoms with Crippen LogP contribution >= 0.6 is 0 Å². The molecule has 0 aliphatic rings. The molecule has 0 spiro atoms. The Morgan fingerprint density at radius 1 is 0.322 bits per heavy atom. The summed E-state index contributed by atoms with van der Waals surface area (Å²) in [5, 5.41) is 0. The molecule has 0 N–H and O–H groups in total. The predicted molar refractivity (Wildman–Crippen MR) is 258 cm³/mol. The molecule has 0 rings (SSSR count). The van der Waals surface area contributed by atoms with Crippen LogP contribution in [0.2, 0.25) is 0 Å². The van der Waals surface area contributed by atoms with Crippen LogP contribution in [0.4, 0.5) is 0 Å². The molecule has 0 heterocycles. The van der Waals surface area contributed by atoms with Gasteiger partial charge in [-0.25, -0.2) is 0 Å². The molecule has 0 aromatic carbocycles. The molecular weight excluding hydrogens is 727 g/mol. The van der Waals surface area contributed by atoms with Crippen LogP contribution in [0.25, 0.3) is 0 Å². The van der Waals surface area contributed by atoms with Gasteiger partial charge in [0.2, 0.25) is 0 Å². The lowest BCUT2D eigenvalue weighted by Crippen LogP contribution is -2.27. The van der Waals surface area contributed by atoms with Gasteiger partial charge in [0.15, 0.2) is 0 Å². The highest BCUT2D eigenvalue weighted by molar-refractivity contribution is 5.69. The van der Waals surface area contributed by atoms with Crippen LogP contribution in [0.1, 0.15) is 291 Å². The van der Waals surface area contributed by atoms with Crippen molar-refractivity contribution in [1.82, 2.24) is 4.90 Å². The van der Waals surface area contributed by atoms with Crippen molar-refractivity contribution >= 4 is 11.9 Å². The largest absolute Gasteiger partial charge is 0.465 e. The zero-order valence-electron chi connectivity index (χ0n) is 41.1. The van der Waals surface area contributed by atoms with Crippen LogP contribution in [0.3, 0.4) is 0 Å². The Balaban J connectivity index is 4.28. The molecule has 0 aliphatic carbocycles. The van der Waals surface area contributed by atoms with Crippen LogP contribution in [0.15, 0.2) is 0 Å². The zero-order chi connectivity index (χ0) is 43.1. The van der Waals surface area contributed by atoms with E-state index in [9.17, 15) is 9.59 Å². The van der Waals surface area contributed by atoms with Crippen LogP contribution in [0.5, 0.6) is 0 Å². The van der Waals surface area contributed by atoms with Crippen LogP contribution < -0.4 is 0 Å². The molecule has 5 heteroatoms. The van der Waals surface area contributed by atoms with Crippen molar-refractivity contribution in [1.29, 1.82) is 0 Å². The molecule has 0 saturated carbocycles. The van der Waals surface area contributed by atoms with E-state index in [1.54, 1.807) is 0 Å². The maximum atomic E-state index is 12.6. The normalized spacial score (nSPS) is 12.6. The average molecular weight is 834 g/mol. The molecule has 0 fully saturated rings. The van der Waals surface area contributed by atoms with Crippen LogP contribution in [-0.2, 0) is 19.1 Å². The lowest BCUT2D eigenvalue weighted by atomic mass is 9.95. The molecule has 0 aliphatic heterocycles. The molecule has 0 saturated heterocycles. The molecule has 59 heavy (non-hydrogen) atoms. The highest BCUT2D eigenvalue weighted by Gasteiger charge is 2.14. The molecule has 0 amide bonds. The monoisotopic (exact) mass is 834 g/mol. The maximum Gasteiger partial charge on any atom is 0.305 e. The maximum absolute atomic E-state index is 12.6. The van der Waals surface area contributed by atoms with Gasteiger partial charge in [-0.1, -0.05) is 221 Å². The fourth-order valence-corrected chi connectivity index (χ4v) is 8.70. The molecule has 2 atom stereocenters. The molecule has 5 nitrogen and oxygen atoms in total. The van der Waals surface area contributed by atoms with Crippen LogP contribution in [-0.4, -0.2) is 49.7 Å². The number of esters is 2. The first-order chi connectivity index (χ1) is 29.0. The van der Waals surface area contributed by atoms with Crippen molar-refractivity contribution in [2.45, 2.75) is 291 Å². The minimum atomic E-state index is 0.0282. The van der Waals surface area contributed by atoms with E-state index in [-0.39, 0.29) is 11.9 Å². The van der Waals surface area contributed by atoms with Gasteiger partial charge in [-0.15, -0.1) is 0 Å². The van der Waals surface area contributed by atoms with Crippen molar-refractivity contribution in [3.8, 4) is 0 Å². The van der Waals surface area contributed by atoms with Gasteiger partial charge in [0.25, 0.3) is 0 Å². The fourth-order valence-electron chi connectivity index (χ4n) is 8.70. The second-order valence-corrected chi connectivity index (χ2v) is 18.8. The number of nitrogens with zero attached hydrogens (tertiary/aromatic N) is 1. The summed E-state index contributed by atoms with van der Waals surface area (Å²) in [4.78, 5) is 27.9. The SMILES string of the molecule is CCCCCCCCC(CCCCCC)COC(=O)CCCCCCCN(CCCCCC)CCCCCCCC(=O)OCC(CCCCCC)CCCCCCCC. The molecule has 0 aromatic heterocycles. The van der Waals surface area contributed by atoms with E-state index < -0.39 is 0 Å². The third-order valence-corrected chi connectivity index (χ3v) is 12.9. The van der Waals surface area contributed by atoms with Crippen molar-refractivity contribution < 1.29 is 19.1 Å². The minimum absolute atomic E-state index is 0.0282. The number of unbranched alkanes of at least 4 members (excludes halogenated alkanes) is 27. The summed E-state index contributed by atoms with van der Waals surface area (Å²) >= 11 is 0. The van der Waals surface area contributed by atoms with Gasteiger partial charge in [-0.2, -0.15) is 0 Å². The minimum Gasteiger partial charge on any atom is -0.465 e. The molecule has 2 unspecified atom stereocenters. The number of rotatable bonds is 49. The quantitative estimate of drug-likeness (QED) is 0.0451. The smallest absolute Gasteiger partial charge is 0.305 e. The van der Waals surface area contributed by atoms with Gasteiger partial charge in [0.05, 0.1) is 13.2 Å². The van der Waals surface area contributed by atoms with Crippen molar-refractivity contribution in [2.75, 3.05) is 32.8 Å². The second kappa shape index (κ2) is 47.9. The van der Waals surface area contributed by atoms with Crippen molar-refractivity contribution in [3.63, 3.8) is 0 Å². The summed E-state index contributed by atoms with van der Waals surface area (Å²) in [6.07, 6.45) is 49.4. The van der Waals surface area contributed by atoms with E-state index in [1.807, 2.05) is 0 Å². The number of carbonyl (C=O) groups excluding carboxylic acids is 2. The highest BCUT2D eigenvalue weighted by atomic mass is 16.5. The second-order valence-electron chi connectivity index (χ2n) is 18.8. The average Bonchev–Trinajstić information content (AvgIpc) is 3.24.